The van der Waals surface area contributed by atoms with Crippen LogP contribution in [0.15, 0.2) is 0 Å². The fourth-order valence-electron chi connectivity index (χ4n) is 2.22. The molecular weight excluding hydrogens is 198 g/mol. The van der Waals surface area contributed by atoms with E-state index < -0.39 is 0 Å². The molecule has 0 spiro atoms. The van der Waals surface area contributed by atoms with Gasteiger partial charge >= 0.3 is 0 Å². The van der Waals surface area contributed by atoms with Crippen molar-refractivity contribution in [2.45, 2.75) is 85.4 Å². The van der Waals surface area contributed by atoms with Gasteiger partial charge in [-0.05, 0) is 39.5 Å². The fraction of sp³-hybridized carbons (Fsp3) is 1.00. The number of hydrogen-bond acceptors (Lipinski definition) is 2. The molecule has 2 heteroatoms. The first-order valence-corrected chi connectivity index (χ1v) is 6.56. The van der Waals surface area contributed by atoms with Gasteiger partial charge < -0.3 is 10.4 Å². The van der Waals surface area contributed by atoms with Crippen LogP contribution in [0.1, 0.15) is 67.7 Å². The molecule has 0 aromatic rings. The summed E-state index contributed by atoms with van der Waals surface area (Å²) in [5.74, 6) is 0. The van der Waals surface area contributed by atoms with Crippen molar-refractivity contribution in [2.75, 3.05) is 0 Å². The second-order valence-electron chi connectivity index (χ2n) is 6.72. The largest absolute Gasteiger partial charge is 0.391 e. The number of nitrogens with one attached hydrogen (secondary N) is 1. The smallest absolute Gasteiger partial charge is 0.0741 e. The van der Waals surface area contributed by atoms with Crippen LogP contribution >= 0.6 is 0 Å². The van der Waals surface area contributed by atoms with Gasteiger partial charge in [-0.15, -0.1) is 0 Å². The molecule has 0 heterocycles. The van der Waals surface area contributed by atoms with E-state index in [-0.39, 0.29) is 23.1 Å². The maximum atomic E-state index is 10.4. The highest BCUT2D eigenvalue weighted by Crippen LogP contribution is 2.29. The highest BCUT2D eigenvalue weighted by molar-refractivity contribution is 4.88. The quantitative estimate of drug-likeness (QED) is 0.732. The van der Waals surface area contributed by atoms with E-state index in [0.717, 1.165) is 6.42 Å². The van der Waals surface area contributed by atoms with Crippen molar-refractivity contribution in [1.29, 1.82) is 0 Å². The van der Waals surface area contributed by atoms with Crippen LogP contribution in [0.3, 0.4) is 0 Å². The number of unbranched alkanes of at least 4 members (excludes halogenated alkanes) is 1. The van der Waals surface area contributed by atoms with E-state index in [9.17, 15) is 5.11 Å². The minimum atomic E-state index is -0.293. The SMILES string of the molecule is CCCCC(C)(C)C(O)C(C)NC(C)(C)C. The summed E-state index contributed by atoms with van der Waals surface area (Å²) in [7, 11) is 0. The molecule has 2 N–H and O–H groups in total. The zero-order valence-corrected chi connectivity index (χ0v) is 12.2. The normalized spacial score (nSPS) is 17.2. The van der Waals surface area contributed by atoms with Crippen LogP contribution in [-0.4, -0.2) is 22.8 Å². The third kappa shape index (κ3) is 5.86. The lowest BCUT2D eigenvalue weighted by molar-refractivity contribution is 0.00989. The molecule has 0 fully saturated rings. The third-order valence-electron chi connectivity index (χ3n) is 3.11. The first-order chi connectivity index (χ1) is 7.10. The van der Waals surface area contributed by atoms with Crippen LogP contribution in [0.4, 0.5) is 0 Å². The Kier molecular flexibility index (Phi) is 5.99. The molecule has 16 heavy (non-hydrogen) atoms. The van der Waals surface area contributed by atoms with Crippen molar-refractivity contribution in [2.24, 2.45) is 5.41 Å². The van der Waals surface area contributed by atoms with Crippen LogP contribution in [0.2, 0.25) is 0 Å². The third-order valence-corrected chi connectivity index (χ3v) is 3.11. The van der Waals surface area contributed by atoms with Crippen LogP contribution < -0.4 is 5.32 Å². The van der Waals surface area contributed by atoms with Crippen molar-refractivity contribution in [1.82, 2.24) is 5.32 Å². The van der Waals surface area contributed by atoms with Crippen LogP contribution in [-0.2, 0) is 0 Å². The topological polar surface area (TPSA) is 32.3 Å². The first-order valence-electron chi connectivity index (χ1n) is 6.56. The summed E-state index contributed by atoms with van der Waals surface area (Å²) < 4.78 is 0. The molecule has 0 saturated carbocycles. The number of aliphatic hydroxyl groups is 1. The molecule has 0 saturated heterocycles. The van der Waals surface area contributed by atoms with Gasteiger partial charge in [0.15, 0.2) is 0 Å². The molecule has 0 aliphatic rings. The van der Waals surface area contributed by atoms with E-state index in [1.807, 2.05) is 0 Å². The second-order valence-corrected chi connectivity index (χ2v) is 6.72. The Balaban J connectivity index is 4.34. The van der Waals surface area contributed by atoms with E-state index in [1.54, 1.807) is 0 Å². The van der Waals surface area contributed by atoms with Crippen LogP contribution in [0.25, 0.3) is 0 Å². The van der Waals surface area contributed by atoms with Gasteiger partial charge in [0.25, 0.3) is 0 Å². The summed E-state index contributed by atoms with van der Waals surface area (Å²) in [5, 5.41) is 13.8. The maximum absolute atomic E-state index is 10.4. The molecule has 2 atom stereocenters. The van der Waals surface area contributed by atoms with E-state index in [0.29, 0.717) is 0 Å². The van der Waals surface area contributed by atoms with Crippen LogP contribution in [0, 0.1) is 5.41 Å². The Morgan fingerprint density at radius 1 is 1.12 bits per heavy atom. The number of aliphatic hydroxyl groups excluding tert-OH is 1. The average molecular weight is 229 g/mol. The van der Waals surface area contributed by atoms with Gasteiger partial charge in [0, 0.05) is 11.6 Å². The summed E-state index contributed by atoms with van der Waals surface area (Å²) in [5.41, 5.74) is 0.0505. The molecule has 0 aliphatic carbocycles. The average Bonchev–Trinajstić information content (AvgIpc) is 2.10. The molecule has 2 unspecified atom stereocenters. The van der Waals surface area contributed by atoms with Crippen molar-refractivity contribution >= 4 is 0 Å². The van der Waals surface area contributed by atoms with E-state index in [1.165, 1.54) is 12.8 Å². The molecule has 0 aromatic heterocycles. The summed E-state index contributed by atoms with van der Waals surface area (Å²) in [6, 6.07) is 0.131. The van der Waals surface area contributed by atoms with Crippen molar-refractivity contribution in [3.8, 4) is 0 Å². The van der Waals surface area contributed by atoms with Gasteiger partial charge in [0.1, 0.15) is 0 Å². The Morgan fingerprint density at radius 2 is 1.62 bits per heavy atom. The molecule has 0 aliphatic heterocycles. The summed E-state index contributed by atoms with van der Waals surface area (Å²) >= 11 is 0. The molecule has 0 amide bonds. The predicted octanol–water partition coefficient (Wildman–Crippen LogP) is 3.34. The second kappa shape index (κ2) is 6.02. The van der Waals surface area contributed by atoms with Crippen molar-refractivity contribution in [3.05, 3.63) is 0 Å². The van der Waals surface area contributed by atoms with Gasteiger partial charge in [-0.2, -0.15) is 0 Å². The van der Waals surface area contributed by atoms with Gasteiger partial charge in [-0.1, -0.05) is 33.6 Å². The van der Waals surface area contributed by atoms with Crippen molar-refractivity contribution in [3.63, 3.8) is 0 Å². The molecule has 0 aromatic carbocycles. The molecule has 98 valence electrons. The first kappa shape index (κ1) is 15.9. The number of hydrogen-bond donors (Lipinski definition) is 2. The molecule has 0 radical (unpaired) electrons. The zero-order valence-electron chi connectivity index (χ0n) is 12.2. The van der Waals surface area contributed by atoms with Crippen molar-refractivity contribution < 1.29 is 5.11 Å². The lowest BCUT2D eigenvalue weighted by atomic mass is 9.78. The maximum Gasteiger partial charge on any atom is 0.0741 e. The Labute approximate surface area is 102 Å². The highest BCUT2D eigenvalue weighted by atomic mass is 16.3. The summed E-state index contributed by atoms with van der Waals surface area (Å²) in [6.45, 7) is 15.0. The Bertz CT molecular complexity index is 193. The standard InChI is InChI=1S/C14H31NO/c1-8-9-10-14(6,7)12(16)11(2)15-13(3,4)5/h11-12,15-16H,8-10H2,1-7H3. The summed E-state index contributed by atoms with van der Waals surface area (Å²) in [6.07, 6.45) is 3.17. The molecule has 0 rings (SSSR count). The van der Waals surface area contributed by atoms with E-state index in [4.69, 9.17) is 0 Å². The minimum Gasteiger partial charge on any atom is -0.391 e. The van der Waals surface area contributed by atoms with Gasteiger partial charge in [-0.25, -0.2) is 0 Å². The van der Waals surface area contributed by atoms with Gasteiger partial charge in [-0.3, -0.25) is 0 Å². The predicted molar refractivity (Wildman–Crippen MR) is 71.7 cm³/mol. The highest BCUT2D eigenvalue weighted by Gasteiger charge is 2.32. The van der Waals surface area contributed by atoms with Crippen LogP contribution in [0.5, 0.6) is 0 Å². The fourth-order valence-corrected chi connectivity index (χ4v) is 2.22. The zero-order chi connectivity index (χ0) is 13.0. The molecule has 0 bridgehead atoms. The molecule has 2 nitrogen and oxygen atoms in total. The minimum absolute atomic E-state index is 0.00627. The lowest BCUT2D eigenvalue weighted by Crippen LogP contribution is -2.52. The summed E-state index contributed by atoms with van der Waals surface area (Å²) in [4.78, 5) is 0. The van der Waals surface area contributed by atoms with Gasteiger partial charge in [0.2, 0.25) is 0 Å². The Hall–Kier alpha value is -0.0800. The molecular formula is C14H31NO. The van der Waals surface area contributed by atoms with E-state index >= 15 is 0 Å². The Morgan fingerprint density at radius 3 is 2.00 bits per heavy atom. The monoisotopic (exact) mass is 229 g/mol. The number of rotatable bonds is 6. The lowest BCUT2D eigenvalue weighted by Gasteiger charge is -2.38. The van der Waals surface area contributed by atoms with E-state index in [2.05, 4.69) is 53.8 Å². The van der Waals surface area contributed by atoms with Gasteiger partial charge in [0.05, 0.1) is 6.10 Å².